The fraction of sp³-hybridized carbons (Fsp3) is 0.481. The molecule has 3 nitrogen and oxygen atoms in total. The molecule has 0 unspecified atom stereocenters. The Kier molecular flexibility index (Phi) is 8.92. The molecule has 2 aromatic carbocycles. The number of hydrogen-bond donors (Lipinski definition) is 0. The molecule has 0 N–H and O–H groups in total. The minimum absolute atomic E-state index is 0.0896. The summed E-state index contributed by atoms with van der Waals surface area (Å²) in [6.45, 7) is 9.05. The average Bonchev–Trinajstić information content (AvgIpc) is 3.23. The summed E-state index contributed by atoms with van der Waals surface area (Å²) >= 11 is 0. The van der Waals surface area contributed by atoms with Gasteiger partial charge in [-0.15, -0.1) is 5.54 Å². The first-order valence-electron chi connectivity index (χ1n) is 11.6. The van der Waals surface area contributed by atoms with E-state index in [2.05, 4.69) is 56.5 Å². The van der Waals surface area contributed by atoms with Gasteiger partial charge in [0, 0.05) is 6.42 Å². The van der Waals surface area contributed by atoms with Gasteiger partial charge in [-0.3, -0.25) is 0 Å². The lowest BCUT2D eigenvalue weighted by Crippen LogP contribution is -2.45. The van der Waals surface area contributed by atoms with E-state index in [-0.39, 0.29) is 6.10 Å². The molecule has 4 heteroatoms. The molecular weight excluding hydrogens is 400 g/mol. The first-order valence-corrected chi connectivity index (χ1v) is 14.2. The fourth-order valence-corrected chi connectivity index (χ4v) is 6.61. The van der Waals surface area contributed by atoms with Crippen molar-refractivity contribution in [2.45, 2.75) is 70.2 Å². The third kappa shape index (κ3) is 6.30. The van der Waals surface area contributed by atoms with Crippen LogP contribution in [0.3, 0.4) is 0 Å². The highest BCUT2D eigenvalue weighted by Crippen LogP contribution is 2.31. The first kappa shape index (κ1) is 23.8. The van der Waals surface area contributed by atoms with Gasteiger partial charge < -0.3 is 14.2 Å². The van der Waals surface area contributed by atoms with E-state index in [4.69, 9.17) is 14.2 Å². The highest BCUT2D eigenvalue weighted by molar-refractivity contribution is 6.87. The molecule has 1 aliphatic rings. The summed E-state index contributed by atoms with van der Waals surface area (Å²) in [7, 11) is -1.60. The Morgan fingerprint density at radius 1 is 0.903 bits per heavy atom. The van der Waals surface area contributed by atoms with Gasteiger partial charge in [0.2, 0.25) is 0 Å². The molecule has 0 bridgehead atoms. The molecule has 31 heavy (non-hydrogen) atoms. The van der Waals surface area contributed by atoms with E-state index in [0.29, 0.717) is 26.4 Å². The highest BCUT2D eigenvalue weighted by Gasteiger charge is 2.45. The molecule has 2 aromatic rings. The number of ether oxygens (including phenoxy) is 3. The summed E-state index contributed by atoms with van der Waals surface area (Å²) in [6, 6.07) is 24.1. The van der Waals surface area contributed by atoms with Crippen LogP contribution in [0.15, 0.2) is 60.7 Å². The van der Waals surface area contributed by atoms with E-state index in [1.807, 2.05) is 36.4 Å². The SMILES string of the molecule is CC[Si](C#C[C@]1(COCc2ccccc2)OCC[C@@H]1OCc1ccccc1)(CC)CC. The van der Waals surface area contributed by atoms with Gasteiger partial charge in [-0.1, -0.05) is 87.4 Å². The van der Waals surface area contributed by atoms with Crippen LogP contribution in [0.25, 0.3) is 0 Å². The second-order valence-corrected chi connectivity index (χ2v) is 13.3. The smallest absolute Gasteiger partial charge is 0.177 e. The minimum atomic E-state index is -1.60. The van der Waals surface area contributed by atoms with Crippen LogP contribution in [-0.4, -0.2) is 33.0 Å². The number of rotatable bonds is 10. The summed E-state index contributed by atoms with van der Waals surface area (Å²) in [5.74, 6) is 3.60. The molecular formula is C27H36O3Si. The van der Waals surface area contributed by atoms with Crippen LogP contribution in [0, 0.1) is 11.5 Å². The molecule has 3 rings (SSSR count). The monoisotopic (exact) mass is 436 g/mol. The average molecular weight is 437 g/mol. The molecule has 0 aliphatic carbocycles. The van der Waals surface area contributed by atoms with Crippen LogP contribution < -0.4 is 0 Å². The van der Waals surface area contributed by atoms with Crippen LogP contribution in [0.2, 0.25) is 18.1 Å². The largest absolute Gasteiger partial charge is 0.373 e. The van der Waals surface area contributed by atoms with Gasteiger partial charge in [0.15, 0.2) is 5.60 Å². The lowest BCUT2D eigenvalue weighted by Gasteiger charge is -2.30. The molecule has 0 amide bonds. The predicted molar refractivity (Wildman–Crippen MR) is 129 cm³/mol. The molecule has 0 spiro atoms. The van der Waals surface area contributed by atoms with E-state index in [1.165, 1.54) is 23.7 Å². The zero-order chi connectivity index (χ0) is 22.0. The lowest BCUT2D eigenvalue weighted by molar-refractivity contribution is -0.0992. The standard InChI is InChI=1S/C27H36O3Si/c1-4-31(5-2,6-3)20-18-27(23-28-21-24-13-9-7-10-14-24)26(17-19-30-27)29-22-25-15-11-8-12-16-25/h7-16,26H,4-6,17,19,21-23H2,1-3H3/t26-,27+/m0/s1. The third-order valence-corrected chi connectivity index (χ3v) is 11.3. The molecule has 0 saturated carbocycles. The normalized spacial score (nSPS) is 20.9. The highest BCUT2D eigenvalue weighted by atomic mass is 28.3. The topological polar surface area (TPSA) is 27.7 Å². The summed E-state index contributed by atoms with van der Waals surface area (Å²) in [4.78, 5) is 0. The number of hydrogen-bond acceptors (Lipinski definition) is 3. The maximum Gasteiger partial charge on any atom is 0.177 e. The van der Waals surface area contributed by atoms with E-state index >= 15 is 0 Å². The van der Waals surface area contributed by atoms with Crippen molar-refractivity contribution >= 4 is 8.07 Å². The summed E-state index contributed by atoms with van der Waals surface area (Å²) < 4.78 is 18.9. The van der Waals surface area contributed by atoms with Gasteiger partial charge in [0.1, 0.15) is 14.2 Å². The molecule has 1 aliphatic heterocycles. The first-order chi connectivity index (χ1) is 15.2. The Morgan fingerprint density at radius 3 is 2.06 bits per heavy atom. The summed E-state index contributed by atoms with van der Waals surface area (Å²) in [6.07, 6.45) is 0.753. The van der Waals surface area contributed by atoms with Gasteiger partial charge >= 0.3 is 0 Å². The van der Waals surface area contributed by atoms with Crippen molar-refractivity contribution in [1.29, 1.82) is 0 Å². The summed E-state index contributed by atoms with van der Waals surface area (Å²) in [5.41, 5.74) is 5.38. The molecule has 1 heterocycles. The van der Waals surface area contributed by atoms with E-state index < -0.39 is 13.7 Å². The Bertz CT molecular complexity index is 831. The second-order valence-electron chi connectivity index (χ2n) is 8.38. The Morgan fingerprint density at radius 2 is 1.48 bits per heavy atom. The molecule has 1 saturated heterocycles. The van der Waals surface area contributed by atoms with Gasteiger partial charge in [-0.25, -0.2) is 0 Å². The molecule has 166 valence electrons. The van der Waals surface area contributed by atoms with Crippen molar-refractivity contribution in [3.8, 4) is 11.5 Å². The lowest BCUT2D eigenvalue weighted by atomic mass is 9.98. The van der Waals surface area contributed by atoms with E-state index in [9.17, 15) is 0 Å². The maximum absolute atomic E-state index is 6.38. The minimum Gasteiger partial charge on any atom is -0.373 e. The molecule has 0 aromatic heterocycles. The van der Waals surface area contributed by atoms with Gasteiger partial charge in [0.25, 0.3) is 0 Å². The van der Waals surface area contributed by atoms with Crippen molar-refractivity contribution in [1.82, 2.24) is 0 Å². The van der Waals surface area contributed by atoms with Crippen molar-refractivity contribution in [3.63, 3.8) is 0 Å². The molecule has 1 fully saturated rings. The summed E-state index contributed by atoms with van der Waals surface area (Å²) in [5, 5.41) is 0. The van der Waals surface area contributed by atoms with Crippen LogP contribution in [0.4, 0.5) is 0 Å². The van der Waals surface area contributed by atoms with Crippen molar-refractivity contribution in [2.75, 3.05) is 13.2 Å². The molecule has 2 atom stereocenters. The zero-order valence-electron chi connectivity index (χ0n) is 19.2. The predicted octanol–water partition coefficient (Wildman–Crippen LogP) is 6.00. The third-order valence-electron chi connectivity index (χ3n) is 6.55. The quantitative estimate of drug-likeness (QED) is 0.338. The molecule has 0 radical (unpaired) electrons. The van der Waals surface area contributed by atoms with E-state index in [0.717, 1.165) is 12.0 Å². The van der Waals surface area contributed by atoms with Crippen molar-refractivity contribution in [2.24, 2.45) is 0 Å². The second kappa shape index (κ2) is 11.6. The van der Waals surface area contributed by atoms with Crippen LogP contribution in [0.5, 0.6) is 0 Å². The fourth-order valence-electron chi connectivity index (χ4n) is 4.10. The van der Waals surface area contributed by atoms with Crippen molar-refractivity contribution in [3.05, 3.63) is 71.8 Å². The van der Waals surface area contributed by atoms with Crippen LogP contribution in [0.1, 0.15) is 38.3 Å². The number of benzene rings is 2. The maximum atomic E-state index is 6.38. The zero-order valence-corrected chi connectivity index (χ0v) is 20.2. The Balaban J connectivity index is 1.78. The van der Waals surface area contributed by atoms with E-state index in [1.54, 1.807) is 0 Å². The van der Waals surface area contributed by atoms with Gasteiger partial charge in [-0.05, 0) is 29.3 Å². The van der Waals surface area contributed by atoms with Crippen LogP contribution in [-0.2, 0) is 27.4 Å². The van der Waals surface area contributed by atoms with Gasteiger partial charge in [0.05, 0.1) is 26.4 Å². The Labute approximate surface area is 189 Å². The Hall–Kier alpha value is -1.90. The van der Waals surface area contributed by atoms with Crippen LogP contribution >= 0.6 is 0 Å². The van der Waals surface area contributed by atoms with Crippen molar-refractivity contribution < 1.29 is 14.2 Å². The van der Waals surface area contributed by atoms with Gasteiger partial charge in [-0.2, -0.15) is 0 Å².